The molecule has 0 aliphatic heterocycles. The molecule has 0 aromatic heterocycles. The van der Waals surface area contributed by atoms with Gasteiger partial charge < -0.3 is 10.4 Å². The Hall–Kier alpha value is -0.870. The van der Waals surface area contributed by atoms with E-state index < -0.39 is 0 Å². The maximum absolute atomic E-state index is 11.8. The quantitative estimate of drug-likeness (QED) is 0.200. The summed E-state index contributed by atoms with van der Waals surface area (Å²) >= 11 is 0. The molecular weight excluding hydrogens is 348 g/mol. The Morgan fingerprint density at radius 1 is 0.821 bits per heavy atom. The van der Waals surface area contributed by atoms with Crippen LogP contribution < -0.4 is 5.32 Å². The van der Waals surface area contributed by atoms with Gasteiger partial charge in [0.05, 0.1) is 6.61 Å². The lowest BCUT2D eigenvalue weighted by Gasteiger charge is -2.19. The second kappa shape index (κ2) is 22.4. The van der Waals surface area contributed by atoms with E-state index in [2.05, 4.69) is 36.2 Å². The zero-order chi connectivity index (χ0) is 20.7. The number of rotatable bonds is 21. The molecule has 0 unspecified atom stereocenters. The van der Waals surface area contributed by atoms with E-state index in [4.69, 9.17) is 5.11 Å². The van der Waals surface area contributed by atoms with Gasteiger partial charge in [-0.2, -0.15) is 0 Å². The van der Waals surface area contributed by atoms with Crippen molar-refractivity contribution >= 4 is 5.91 Å². The van der Waals surface area contributed by atoms with Gasteiger partial charge in [-0.05, 0) is 38.6 Å². The van der Waals surface area contributed by atoms with Crippen LogP contribution in [0.25, 0.3) is 0 Å². The van der Waals surface area contributed by atoms with E-state index in [1.807, 2.05) is 0 Å². The largest absolute Gasteiger partial charge is 0.395 e. The topological polar surface area (TPSA) is 52.6 Å². The lowest BCUT2D eigenvalue weighted by Crippen LogP contribution is -2.36. The predicted molar refractivity (Wildman–Crippen MR) is 122 cm³/mol. The molecule has 0 rings (SSSR count). The van der Waals surface area contributed by atoms with Gasteiger partial charge in [0.1, 0.15) is 0 Å². The van der Waals surface area contributed by atoms with Crippen LogP contribution in [0.2, 0.25) is 0 Å². The second-order valence-corrected chi connectivity index (χ2v) is 7.84. The zero-order valence-electron chi connectivity index (χ0n) is 18.9. The van der Waals surface area contributed by atoms with Crippen LogP contribution in [0.15, 0.2) is 12.2 Å². The summed E-state index contributed by atoms with van der Waals surface area (Å²) in [6.45, 7) is 7.60. The van der Waals surface area contributed by atoms with Crippen molar-refractivity contribution in [2.45, 2.75) is 104 Å². The number of unbranched alkanes of at least 4 members (excludes halogenated alkanes) is 11. The molecule has 0 bridgehead atoms. The molecule has 4 heteroatoms. The number of likely N-dealkylation sites (N-methyl/N-ethyl adjacent to an activating group) is 1. The molecule has 0 saturated carbocycles. The Morgan fingerprint density at radius 2 is 1.39 bits per heavy atom. The van der Waals surface area contributed by atoms with Crippen molar-refractivity contribution in [2.75, 3.05) is 32.8 Å². The summed E-state index contributed by atoms with van der Waals surface area (Å²) in [5.41, 5.74) is 0. The van der Waals surface area contributed by atoms with Crippen molar-refractivity contribution in [3.05, 3.63) is 12.2 Å². The fourth-order valence-corrected chi connectivity index (χ4v) is 3.37. The molecule has 166 valence electrons. The van der Waals surface area contributed by atoms with E-state index in [-0.39, 0.29) is 12.5 Å². The Labute approximate surface area is 175 Å². The molecule has 28 heavy (non-hydrogen) atoms. The molecule has 0 aliphatic carbocycles. The zero-order valence-corrected chi connectivity index (χ0v) is 18.9. The van der Waals surface area contributed by atoms with Crippen LogP contribution in [0.5, 0.6) is 0 Å². The normalized spacial score (nSPS) is 11.6. The minimum absolute atomic E-state index is 0.165. The average molecular weight is 397 g/mol. The van der Waals surface area contributed by atoms with Gasteiger partial charge in [-0.1, -0.05) is 77.4 Å². The number of hydrogen-bond acceptors (Lipinski definition) is 3. The second-order valence-electron chi connectivity index (χ2n) is 7.84. The number of nitrogens with zero attached hydrogens (tertiary/aromatic N) is 1. The molecular formula is C24H48N2O2. The van der Waals surface area contributed by atoms with Gasteiger partial charge in [0.15, 0.2) is 0 Å². The third-order valence-corrected chi connectivity index (χ3v) is 5.28. The first-order valence-electron chi connectivity index (χ1n) is 12.0. The van der Waals surface area contributed by atoms with Crippen LogP contribution in [0, 0.1) is 0 Å². The summed E-state index contributed by atoms with van der Waals surface area (Å²) in [5, 5.41) is 11.9. The molecule has 1 amide bonds. The van der Waals surface area contributed by atoms with Crippen LogP contribution >= 0.6 is 0 Å². The molecule has 2 N–H and O–H groups in total. The van der Waals surface area contributed by atoms with Gasteiger partial charge in [-0.3, -0.25) is 9.69 Å². The van der Waals surface area contributed by atoms with E-state index in [0.717, 1.165) is 25.9 Å². The first kappa shape index (κ1) is 27.1. The highest BCUT2D eigenvalue weighted by atomic mass is 16.3. The van der Waals surface area contributed by atoms with Crippen molar-refractivity contribution in [3.8, 4) is 0 Å². The van der Waals surface area contributed by atoms with Gasteiger partial charge in [0, 0.05) is 26.1 Å². The van der Waals surface area contributed by atoms with Crippen LogP contribution in [0.4, 0.5) is 0 Å². The summed E-state index contributed by atoms with van der Waals surface area (Å²) in [5.74, 6) is 0.165. The van der Waals surface area contributed by atoms with Crippen LogP contribution in [-0.4, -0.2) is 48.7 Å². The maximum atomic E-state index is 11.8. The molecule has 0 atom stereocenters. The van der Waals surface area contributed by atoms with E-state index in [9.17, 15) is 4.79 Å². The Bertz CT molecular complexity index is 359. The Kier molecular flexibility index (Phi) is 21.7. The average Bonchev–Trinajstić information content (AvgIpc) is 2.70. The summed E-state index contributed by atoms with van der Waals surface area (Å²) in [6, 6.07) is 0. The molecule has 0 aromatic rings. The minimum atomic E-state index is 0.165. The van der Waals surface area contributed by atoms with Crippen molar-refractivity contribution in [2.24, 2.45) is 0 Å². The lowest BCUT2D eigenvalue weighted by atomic mass is 10.1. The van der Waals surface area contributed by atoms with Crippen molar-refractivity contribution < 1.29 is 9.90 Å². The molecule has 4 nitrogen and oxygen atoms in total. The first-order chi connectivity index (χ1) is 13.7. The van der Waals surface area contributed by atoms with Crippen LogP contribution in [0.1, 0.15) is 104 Å². The standard InChI is InChI=1S/C24H48N2O2/c1-3-5-6-7-8-9-10-11-12-13-14-15-16-17-18-19-24(28)25-20-21-26(4-2)22-23-27/h11-12,27H,3-10,13-23H2,1-2H3,(H,25,28)/b12-11-. The van der Waals surface area contributed by atoms with E-state index in [0.29, 0.717) is 19.5 Å². The Morgan fingerprint density at radius 3 is 1.96 bits per heavy atom. The molecule has 0 spiro atoms. The number of nitrogens with one attached hydrogen (secondary N) is 1. The highest BCUT2D eigenvalue weighted by Gasteiger charge is 2.03. The van der Waals surface area contributed by atoms with Gasteiger partial charge in [-0.25, -0.2) is 0 Å². The third kappa shape index (κ3) is 19.9. The minimum Gasteiger partial charge on any atom is -0.395 e. The summed E-state index contributed by atoms with van der Waals surface area (Å²) in [7, 11) is 0. The van der Waals surface area contributed by atoms with Crippen molar-refractivity contribution in [3.63, 3.8) is 0 Å². The predicted octanol–water partition coefficient (Wildman–Crippen LogP) is 5.45. The number of aliphatic hydroxyl groups is 1. The number of aliphatic hydroxyl groups excluding tert-OH is 1. The SMILES string of the molecule is CCCCCCCC/C=C\CCCCCCCC(=O)NCCN(CC)CCO. The fourth-order valence-electron chi connectivity index (χ4n) is 3.37. The number of amides is 1. The van der Waals surface area contributed by atoms with Crippen molar-refractivity contribution in [1.82, 2.24) is 10.2 Å². The molecule has 0 aliphatic rings. The lowest BCUT2D eigenvalue weighted by molar-refractivity contribution is -0.121. The van der Waals surface area contributed by atoms with Crippen LogP contribution in [0.3, 0.4) is 0 Å². The Balaban J connectivity index is 3.31. The molecule has 0 heterocycles. The maximum Gasteiger partial charge on any atom is 0.220 e. The summed E-state index contributed by atoms with van der Waals surface area (Å²) in [6.07, 6.45) is 22.0. The monoisotopic (exact) mass is 396 g/mol. The first-order valence-corrected chi connectivity index (χ1v) is 12.0. The highest BCUT2D eigenvalue weighted by molar-refractivity contribution is 5.75. The molecule has 0 aromatic carbocycles. The molecule has 0 fully saturated rings. The summed E-state index contributed by atoms with van der Waals surface area (Å²) in [4.78, 5) is 14.0. The van der Waals surface area contributed by atoms with Gasteiger partial charge in [0.25, 0.3) is 0 Å². The smallest absolute Gasteiger partial charge is 0.220 e. The number of allylic oxidation sites excluding steroid dienone is 2. The van der Waals surface area contributed by atoms with Gasteiger partial charge >= 0.3 is 0 Å². The summed E-state index contributed by atoms with van der Waals surface area (Å²) < 4.78 is 0. The van der Waals surface area contributed by atoms with E-state index >= 15 is 0 Å². The van der Waals surface area contributed by atoms with Gasteiger partial charge in [0.2, 0.25) is 5.91 Å². The molecule has 0 radical (unpaired) electrons. The van der Waals surface area contributed by atoms with Gasteiger partial charge in [-0.15, -0.1) is 0 Å². The number of carbonyl (C=O) groups excluding carboxylic acids is 1. The fraction of sp³-hybridized carbons (Fsp3) is 0.875. The third-order valence-electron chi connectivity index (χ3n) is 5.28. The molecule has 0 saturated heterocycles. The van der Waals surface area contributed by atoms with E-state index in [1.54, 1.807) is 0 Å². The van der Waals surface area contributed by atoms with Crippen molar-refractivity contribution in [1.29, 1.82) is 0 Å². The van der Waals surface area contributed by atoms with Crippen LogP contribution in [-0.2, 0) is 4.79 Å². The number of carbonyl (C=O) groups is 1. The van der Waals surface area contributed by atoms with E-state index in [1.165, 1.54) is 70.6 Å². The number of hydrogen-bond donors (Lipinski definition) is 2. The highest BCUT2D eigenvalue weighted by Crippen LogP contribution is 2.09.